The lowest BCUT2D eigenvalue weighted by Crippen LogP contribution is -2.20. The summed E-state index contributed by atoms with van der Waals surface area (Å²) in [4.78, 5) is 3.08. The first-order valence-corrected chi connectivity index (χ1v) is 8.06. The van der Waals surface area contributed by atoms with Gasteiger partial charge in [0, 0.05) is 17.6 Å². The number of hydrogen-bond donors (Lipinski definition) is 2. The molecular formula is C14H20N2O3S. The van der Waals surface area contributed by atoms with Crippen LogP contribution in [0, 0.1) is 0 Å². The number of aromatic amines is 1. The maximum absolute atomic E-state index is 11.9. The molecule has 1 aromatic heterocycles. The largest absolute Gasteiger partial charge is 0.380 e. The van der Waals surface area contributed by atoms with Crippen LogP contribution in [0.1, 0.15) is 26.3 Å². The molecule has 2 rings (SSSR count). The van der Waals surface area contributed by atoms with Crippen LogP contribution in [0.3, 0.4) is 0 Å². The predicted molar refractivity (Wildman–Crippen MR) is 80.3 cm³/mol. The number of benzene rings is 1. The van der Waals surface area contributed by atoms with Gasteiger partial charge in [-0.3, -0.25) is 0 Å². The van der Waals surface area contributed by atoms with Crippen molar-refractivity contribution in [2.75, 3.05) is 0 Å². The summed E-state index contributed by atoms with van der Waals surface area (Å²) >= 11 is 0. The van der Waals surface area contributed by atoms with Crippen molar-refractivity contribution in [1.82, 2.24) is 4.98 Å². The molecule has 0 fully saturated rings. The van der Waals surface area contributed by atoms with Gasteiger partial charge in [0.05, 0.1) is 10.8 Å². The molecule has 1 aromatic carbocycles. The van der Waals surface area contributed by atoms with Crippen LogP contribution < -0.4 is 9.92 Å². The van der Waals surface area contributed by atoms with Crippen LogP contribution in [-0.4, -0.2) is 24.7 Å². The second-order valence-corrected chi connectivity index (χ2v) is 7.39. The van der Waals surface area contributed by atoms with Gasteiger partial charge in [0.15, 0.2) is 5.75 Å². The van der Waals surface area contributed by atoms with Crippen LogP contribution in [0.5, 0.6) is 5.75 Å². The molecule has 0 spiro atoms. The lowest BCUT2D eigenvalue weighted by Gasteiger charge is -2.10. The molecule has 0 aliphatic rings. The molecular weight excluding hydrogens is 276 g/mol. The van der Waals surface area contributed by atoms with Crippen LogP contribution in [-0.2, 0) is 16.5 Å². The highest BCUT2D eigenvalue weighted by Crippen LogP contribution is 2.29. The smallest absolute Gasteiger partial charge is 0.311 e. The normalized spacial score (nSPS) is 13.8. The van der Waals surface area contributed by atoms with Crippen molar-refractivity contribution >= 4 is 21.0 Å². The Hall–Kier alpha value is -1.53. The zero-order chi connectivity index (χ0) is 14.9. The zero-order valence-electron chi connectivity index (χ0n) is 11.9. The monoisotopic (exact) mass is 296 g/mol. The average Bonchev–Trinajstić information content (AvgIpc) is 2.72. The topological polar surface area (TPSA) is 85.2 Å². The summed E-state index contributed by atoms with van der Waals surface area (Å²) in [6, 6.07) is 5.40. The Kier molecular flexibility index (Phi) is 4.06. The molecule has 0 saturated heterocycles. The summed E-state index contributed by atoms with van der Waals surface area (Å²) in [6.45, 7) is 5.11. The van der Waals surface area contributed by atoms with E-state index in [4.69, 9.17) is 9.92 Å². The minimum atomic E-state index is -3.60. The second kappa shape index (κ2) is 5.46. The van der Waals surface area contributed by atoms with Gasteiger partial charge in [0.1, 0.15) is 0 Å². The van der Waals surface area contributed by atoms with E-state index in [1.807, 2.05) is 19.2 Å². The SMILES string of the molecule is CC(C)S(=O)(=O)Oc1cccc2c(C[C@@H](C)N)c[nH]c12. The molecule has 5 nitrogen and oxygen atoms in total. The van der Waals surface area contributed by atoms with E-state index in [0.29, 0.717) is 11.3 Å². The van der Waals surface area contributed by atoms with E-state index in [2.05, 4.69) is 4.98 Å². The quantitative estimate of drug-likeness (QED) is 0.828. The molecule has 0 bridgehead atoms. The third kappa shape index (κ3) is 2.96. The van der Waals surface area contributed by atoms with Crippen LogP contribution in [0.4, 0.5) is 0 Å². The van der Waals surface area contributed by atoms with E-state index < -0.39 is 15.4 Å². The molecule has 2 aromatic rings. The van der Waals surface area contributed by atoms with Gasteiger partial charge in [0.25, 0.3) is 0 Å². The van der Waals surface area contributed by atoms with Crippen LogP contribution >= 0.6 is 0 Å². The molecule has 0 aliphatic carbocycles. The molecule has 6 heteroatoms. The van der Waals surface area contributed by atoms with Crippen molar-refractivity contribution in [1.29, 1.82) is 0 Å². The Morgan fingerprint density at radius 1 is 1.30 bits per heavy atom. The van der Waals surface area contributed by atoms with Crippen molar-refractivity contribution in [3.63, 3.8) is 0 Å². The van der Waals surface area contributed by atoms with Crippen molar-refractivity contribution in [2.45, 2.75) is 38.5 Å². The van der Waals surface area contributed by atoms with Gasteiger partial charge in [-0.05, 0) is 38.8 Å². The van der Waals surface area contributed by atoms with E-state index >= 15 is 0 Å². The first-order chi connectivity index (χ1) is 9.31. The first-order valence-electron chi connectivity index (χ1n) is 6.59. The van der Waals surface area contributed by atoms with Crippen molar-refractivity contribution in [2.24, 2.45) is 5.73 Å². The van der Waals surface area contributed by atoms with Gasteiger partial charge in [-0.25, -0.2) is 0 Å². The Morgan fingerprint density at radius 3 is 2.60 bits per heavy atom. The first kappa shape index (κ1) is 14.9. The Bertz CT molecular complexity index is 702. The fourth-order valence-electron chi connectivity index (χ4n) is 1.99. The number of hydrogen-bond acceptors (Lipinski definition) is 4. The Labute approximate surface area is 119 Å². The predicted octanol–water partition coefficient (Wildman–Crippen LogP) is 2.17. The van der Waals surface area contributed by atoms with Crippen LogP contribution in [0.25, 0.3) is 10.9 Å². The van der Waals surface area contributed by atoms with Gasteiger partial charge in [-0.15, -0.1) is 0 Å². The van der Waals surface area contributed by atoms with Crippen LogP contribution in [0.15, 0.2) is 24.4 Å². The maximum atomic E-state index is 11.9. The standard InChI is InChI=1S/C14H20N2O3S/c1-9(2)20(17,18)19-13-6-4-5-12-11(7-10(3)15)8-16-14(12)13/h4-6,8-10,16H,7,15H2,1-3H3/t10-/m1/s1. The summed E-state index contributed by atoms with van der Waals surface area (Å²) in [7, 11) is -3.60. The molecule has 0 unspecified atom stereocenters. The highest BCUT2D eigenvalue weighted by molar-refractivity contribution is 7.87. The molecule has 110 valence electrons. The minimum Gasteiger partial charge on any atom is -0.380 e. The Balaban J connectivity index is 2.44. The highest BCUT2D eigenvalue weighted by Gasteiger charge is 2.20. The summed E-state index contributed by atoms with van der Waals surface area (Å²) < 4.78 is 28.9. The Morgan fingerprint density at radius 2 is 2.00 bits per heavy atom. The lowest BCUT2D eigenvalue weighted by atomic mass is 10.1. The number of para-hydroxylation sites is 1. The van der Waals surface area contributed by atoms with Gasteiger partial charge in [-0.2, -0.15) is 8.42 Å². The highest BCUT2D eigenvalue weighted by atomic mass is 32.2. The fraction of sp³-hybridized carbons (Fsp3) is 0.429. The summed E-state index contributed by atoms with van der Waals surface area (Å²) in [5.74, 6) is 0.326. The van der Waals surface area contributed by atoms with Crippen molar-refractivity contribution in [3.8, 4) is 5.75 Å². The summed E-state index contributed by atoms with van der Waals surface area (Å²) in [6.07, 6.45) is 2.57. The summed E-state index contributed by atoms with van der Waals surface area (Å²) in [5.41, 5.74) is 7.56. The second-order valence-electron chi connectivity index (χ2n) is 5.30. The molecule has 0 radical (unpaired) electrons. The van der Waals surface area contributed by atoms with E-state index in [0.717, 1.165) is 17.4 Å². The van der Waals surface area contributed by atoms with Crippen molar-refractivity contribution in [3.05, 3.63) is 30.0 Å². The lowest BCUT2D eigenvalue weighted by molar-refractivity contribution is 0.479. The summed E-state index contributed by atoms with van der Waals surface area (Å²) in [5, 5.41) is 0.356. The molecule has 0 amide bonds. The fourth-order valence-corrected chi connectivity index (χ4v) is 2.57. The third-order valence-electron chi connectivity index (χ3n) is 3.09. The van der Waals surface area contributed by atoms with E-state index in [1.165, 1.54) is 0 Å². The number of H-pyrrole nitrogens is 1. The number of fused-ring (bicyclic) bond motifs is 1. The van der Waals surface area contributed by atoms with E-state index in [-0.39, 0.29) is 6.04 Å². The molecule has 0 saturated carbocycles. The number of nitrogens with two attached hydrogens (primary N) is 1. The average molecular weight is 296 g/mol. The minimum absolute atomic E-state index is 0.0398. The van der Waals surface area contributed by atoms with Crippen LogP contribution in [0.2, 0.25) is 0 Å². The molecule has 1 atom stereocenters. The zero-order valence-corrected chi connectivity index (χ0v) is 12.7. The van der Waals surface area contributed by atoms with Gasteiger partial charge >= 0.3 is 10.1 Å². The van der Waals surface area contributed by atoms with Crippen molar-refractivity contribution < 1.29 is 12.6 Å². The number of nitrogens with one attached hydrogen (secondary N) is 1. The number of rotatable bonds is 5. The number of aromatic nitrogens is 1. The van der Waals surface area contributed by atoms with Gasteiger partial charge < -0.3 is 14.9 Å². The maximum Gasteiger partial charge on any atom is 0.311 e. The molecule has 0 aliphatic heterocycles. The van der Waals surface area contributed by atoms with E-state index in [1.54, 1.807) is 26.0 Å². The van der Waals surface area contributed by atoms with E-state index in [9.17, 15) is 8.42 Å². The molecule has 20 heavy (non-hydrogen) atoms. The molecule has 1 heterocycles. The molecule has 3 N–H and O–H groups in total. The third-order valence-corrected chi connectivity index (χ3v) is 4.65. The van der Waals surface area contributed by atoms with Gasteiger partial charge in [-0.1, -0.05) is 12.1 Å². The van der Waals surface area contributed by atoms with Gasteiger partial charge in [0.2, 0.25) is 0 Å².